The van der Waals surface area contributed by atoms with Crippen LogP contribution in [0.4, 0.5) is 4.79 Å². The molecule has 27 heavy (non-hydrogen) atoms. The molecule has 2 aromatic carbocycles. The summed E-state index contributed by atoms with van der Waals surface area (Å²) < 4.78 is 5.15. The van der Waals surface area contributed by atoms with Crippen molar-refractivity contribution in [3.05, 3.63) is 59.7 Å². The number of benzene rings is 2. The minimum absolute atomic E-state index is 0.0790. The zero-order chi connectivity index (χ0) is 18.8. The van der Waals surface area contributed by atoms with Gasteiger partial charge in [0.2, 0.25) is 0 Å². The Hall–Kier alpha value is -2.41. The lowest BCUT2D eigenvalue weighted by molar-refractivity contribution is -0.0984. The Labute approximate surface area is 158 Å². The molecule has 2 unspecified atom stereocenters. The molecule has 1 aliphatic heterocycles. The molecule has 0 bridgehead atoms. The summed E-state index contributed by atoms with van der Waals surface area (Å²) in [5.41, 5.74) is 4.79. The van der Waals surface area contributed by atoms with Gasteiger partial charge in [-0.2, -0.15) is 0 Å². The van der Waals surface area contributed by atoms with E-state index in [4.69, 9.17) is 4.74 Å². The van der Waals surface area contributed by atoms with Crippen LogP contribution in [-0.4, -0.2) is 53.4 Å². The number of carbonyl (C=O) groups is 1. The zero-order valence-electron chi connectivity index (χ0n) is 15.0. The summed E-state index contributed by atoms with van der Waals surface area (Å²) in [6.45, 7) is 0.860. The molecule has 2 aliphatic rings. The minimum atomic E-state index is -0.985. The van der Waals surface area contributed by atoms with Crippen molar-refractivity contribution in [2.75, 3.05) is 19.7 Å². The predicted octanol–water partition coefficient (Wildman–Crippen LogP) is 2.26. The third kappa shape index (κ3) is 3.56. The smallest absolute Gasteiger partial charge is 0.407 e. The number of amides is 1. The van der Waals surface area contributed by atoms with Crippen molar-refractivity contribution in [1.82, 2.24) is 10.2 Å². The van der Waals surface area contributed by atoms with E-state index < -0.39 is 18.5 Å². The number of carbonyl (C=O) groups excluding carboxylic acids is 1. The average Bonchev–Trinajstić information content (AvgIpc) is 3.26. The number of alkyl carbamates (subject to hydrolysis) is 1. The van der Waals surface area contributed by atoms with Gasteiger partial charge in [0.1, 0.15) is 19.1 Å². The van der Waals surface area contributed by atoms with Gasteiger partial charge in [0.25, 0.3) is 0 Å². The molecule has 1 aliphatic carbocycles. The van der Waals surface area contributed by atoms with Crippen LogP contribution in [-0.2, 0) is 4.74 Å². The van der Waals surface area contributed by atoms with Gasteiger partial charge in [0.05, 0.1) is 0 Å². The number of rotatable bonds is 5. The Bertz CT molecular complexity index is 780. The highest BCUT2D eigenvalue weighted by Crippen LogP contribution is 2.44. The minimum Gasteiger partial charge on any atom is -0.445 e. The van der Waals surface area contributed by atoms with E-state index in [9.17, 15) is 15.0 Å². The maximum absolute atomic E-state index is 12.1. The molecule has 6 heteroatoms. The van der Waals surface area contributed by atoms with Gasteiger partial charge >= 0.3 is 6.09 Å². The molecule has 0 aromatic heterocycles. The second-order valence-electron chi connectivity index (χ2n) is 7.05. The summed E-state index contributed by atoms with van der Waals surface area (Å²) in [4.78, 5) is 13.6. The number of nitrogens with one attached hydrogen (secondary N) is 1. The molecule has 1 amide bonds. The lowest BCUT2D eigenvalue weighted by Crippen LogP contribution is -2.43. The number of hydrogen-bond donors (Lipinski definition) is 3. The first-order chi connectivity index (χ1) is 13.1. The Kier molecular flexibility index (Phi) is 5.11. The number of likely N-dealkylation sites (tertiary alicyclic amines) is 1. The van der Waals surface area contributed by atoms with Gasteiger partial charge in [-0.3, -0.25) is 0 Å². The first-order valence-corrected chi connectivity index (χ1v) is 9.36. The Morgan fingerprint density at radius 2 is 1.78 bits per heavy atom. The standard InChI is InChI=1S/C21H24N2O4/c24-19-10-5-11-23(19)20(25)13-27-21(26)22-12-18-16-8-3-1-6-14(16)15-7-2-4-9-17(15)18/h1-4,6-9,18-20,24-25H,5,10-13H2,(H,22,26). The van der Waals surface area contributed by atoms with Crippen LogP contribution in [0.15, 0.2) is 48.5 Å². The average molecular weight is 368 g/mol. The van der Waals surface area contributed by atoms with Crippen molar-refractivity contribution in [3.63, 3.8) is 0 Å². The first-order valence-electron chi connectivity index (χ1n) is 9.36. The molecule has 1 heterocycles. The van der Waals surface area contributed by atoms with Crippen LogP contribution in [0.25, 0.3) is 11.1 Å². The van der Waals surface area contributed by atoms with Crippen molar-refractivity contribution in [2.24, 2.45) is 0 Å². The molecule has 2 aromatic rings. The van der Waals surface area contributed by atoms with Gasteiger partial charge in [-0.1, -0.05) is 48.5 Å². The van der Waals surface area contributed by atoms with Gasteiger partial charge in [0, 0.05) is 19.0 Å². The largest absolute Gasteiger partial charge is 0.445 e. The molecule has 4 rings (SSSR count). The fraction of sp³-hybridized carbons (Fsp3) is 0.381. The van der Waals surface area contributed by atoms with E-state index in [1.807, 2.05) is 24.3 Å². The van der Waals surface area contributed by atoms with E-state index in [0.29, 0.717) is 19.5 Å². The van der Waals surface area contributed by atoms with E-state index in [1.165, 1.54) is 27.2 Å². The fourth-order valence-corrected chi connectivity index (χ4v) is 4.08. The molecule has 2 atom stereocenters. The van der Waals surface area contributed by atoms with Gasteiger partial charge < -0.3 is 20.3 Å². The maximum Gasteiger partial charge on any atom is 0.407 e. The van der Waals surface area contributed by atoms with Crippen molar-refractivity contribution < 1.29 is 19.7 Å². The van der Waals surface area contributed by atoms with Crippen LogP contribution in [0, 0.1) is 0 Å². The molecular formula is C21H24N2O4. The molecule has 6 nitrogen and oxygen atoms in total. The van der Waals surface area contributed by atoms with E-state index in [2.05, 4.69) is 29.6 Å². The first kappa shape index (κ1) is 18.0. The van der Waals surface area contributed by atoms with Gasteiger partial charge in [0.15, 0.2) is 0 Å². The van der Waals surface area contributed by atoms with Crippen LogP contribution < -0.4 is 5.32 Å². The van der Waals surface area contributed by atoms with Crippen LogP contribution >= 0.6 is 0 Å². The number of hydrogen-bond acceptors (Lipinski definition) is 5. The quantitative estimate of drug-likeness (QED) is 0.754. The van der Waals surface area contributed by atoms with Crippen LogP contribution in [0.2, 0.25) is 0 Å². The number of ether oxygens (including phenoxy) is 1. The van der Waals surface area contributed by atoms with Crippen LogP contribution in [0.3, 0.4) is 0 Å². The van der Waals surface area contributed by atoms with E-state index in [1.54, 1.807) is 0 Å². The highest BCUT2D eigenvalue weighted by molar-refractivity contribution is 5.79. The second kappa shape index (κ2) is 7.68. The summed E-state index contributed by atoms with van der Waals surface area (Å²) in [6.07, 6.45) is -0.766. The van der Waals surface area contributed by atoms with E-state index in [0.717, 1.165) is 6.42 Å². The van der Waals surface area contributed by atoms with Crippen molar-refractivity contribution in [3.8, 4) is 11.1 Å². The zero-order valence-corrected chi connectivity index (χ0v) is 15.0. The number of nitrogens with zero attached hydrogens (tertiary/aromatic N) is 1. The molecule has 0 radical (unpaired) electrons. The topological polar surface area (TPSA) is 82.0 Å². The van der Waals surface area contributed by atoms with Gasteiger partial charge in [-0.05, 0) is 35.1 Å². The van der Waals surface area contributed by atoms with Gasteiger partial charge in [-0.25, -0.2) is 9.69 Å². The maximum atomic E-state index is 12.1. The van der Waals surface area contributed by atoms with Crippen molar-refractivity contribution in [2.45, 2.75) is 31.2 Å². The molecule has 1 fully saturated rings. The lowest BCUT2D eigenvalue weighted by atomic mass is 9.97. The molecule has 3 N–H and O–H groups in total. The third-order valence-corrected chi connectivity index (χ3v) is 5.42. The van der Waals surface area contributed by atoms with Crippen molar-refractivity contribution in [1.29, 1.82) is 0 Å². The number of aliphatic hydroxyl groups excluding tert-OH is 2. The van der Waals surface area contributed by atoms with Crippen LogP contribution in [0.1, 0.15) is 29.9 Å². The highest BCUT2D eigenvalue weighted by Gasteiger charge is 2.30. The second-order valence-corrected chi connectivity index (χ2v) is 7.05. The fourth-order valence-electron chi connectivity index (χ4n) is 4.08. The molecule has 1 saturated heterocycles. The summed E-state index contributed by atoms with van der Waals surface area (Å²) >= 11 is 0. The third-order valence-electron chi connectivity index (χ3n) is 5.42. The normalized spacial score (nSPS) is 20.1. The molecular weight excluding hydrogens is 344 g/mol. The predicted molar refractivity (Wildman–Crippen MR) is 101 cm³/mol. The summed E-state index contributed by atoms with van der Waals surface area (Å²) in [5.74, 6) is 0.0790. The monoisotopic (exact) mass is 368 g/mol. The number of aliphatic hydroxyl groups is 2. The van der Waals surface area contributed by atoms with Gasteiger partial charge in [-0.15, -0.1) is 0 Å². The van der Waals surface area contributed by atoms with E-state index >= 15 is 0 Å². The Morgan fingerprint density at radius 1 is 1.15 bits per heavy atom. The summed E-state index contributed by atoms with van der Waals surface area (Å²) in [5, 5.41) is 22.6. The van der Waals surface area contributed by atoms with E-state index in [-0.39, 0.29) is 12.5 Å². The molecule has 0 spiro atoms. The Morgan fingerprint density at radius 3 is 2.37 bits per heavy atom. The summed E-state index contributed by atoms with van der Waals surface area (Å²) in [7, 11) is 0. The van der Waals surface area contributed by atoms with Crippen molar-refractivity contribution >= 4 is 6.09 Å². The Balaban J connectivity index is 1.35. The SMILES string of the molecule is O=C(NCC1c2ccccc2-c2ccccc21)OCC(O)N1CCCC1O. The summed E-state index contributed by atoms with van der Waals surface area (Å²) in [6, 6.07) is 16.4. The molecule has 0 saturated carbocycles. The van der Waals surface area contributed by atoms with Crippen LogP contribution in [0.5, 0.6) is 0 Å². The lowest BCUT2D eigenvalue weighted by Gasteiger charge is -2.25. The highest BCUT2D eigenvalue weighted by atomic mass is 16.6. The molecule has 142 valence electrons. The number of fused-ring (bicyclic) bond motifs is 3.